The van der Waals surface area contributed by atoms with Gasteiger partial charge in [0.1, 0.15) is 11.5 Å². The summed E-state index contributed by atoms with van der Waals surface area (Å²) >= 11 is 0. The van der Waals surface area contributed by atoms with E-state index in [2.05, 4.69) is 10.3 Å². The summed E-state index contributed by atoms with van der Waals surface area (Å²) in [6.07, 6.45) is 4.41. The van der Waals surface area contributed by atoms with E-state index in [-0.39, 0.29) is 5.91 Å². The van der Waals surface area contributed by atoms with Crippen molar-refractivity contribution in [2.45, 2.75) is 6.42 Å². The van der Waals surface area contributed by atoms with Gasteiger partial charge in [-0.3, -0.25) is 9.78 Å². The summed E-state index contributed by atoms with van der Waals surface area (Å²) in [4.78, 5) is 18.5. The predicted molar refractivity (Wildman–Crippen MR) is 88.7 cm³/mol. The largest absolute Gasteiger partial charge is 0.457 e. The molecule has 1 aliphatic heterocycles. The van der Waals surface area contributed by atoms with Gasteiger partial charge < -0.3 is 15.0 Å². The number of likely N-dealkylation sites (tertiary alicyclic amines) is 1. The monoisotopic (exact) mass is 311 g/mol. The fourth-order valence-corrected chi connectivity index (χ4v) is 2.89. The zero-order chi connectivity index (χ0) is 16.1. The van der Waals surface area contributed by atoms with Crippen LogP contribution in [0.1, 0.15) is 16.8 Å². The molecule has 0 bridgehead atoms. The molecule has 1 saturated heterocycles. The maximum Gasteiger partial charge on any atom is 0.253 e. The van der Waals surface area contributed by atoms with E-state index < -0.39 is 0 Å². The third kappa shape index (κ3) is 3.87. The van der Waals surface area contributed by atoms with Gasteiger partial charge in [0.2, 0.25) is 0 Å². The fraction of sp³-hybridized carbons (Fsp3) is 0.333. The Morgan fingerprint density at radius 2 is 2.13 bits per heavy atom. The number of rotatable bonds is 5. The van der Waals surface area contributed by atoms with Gasteiger partial charge in [-0.15, -0.1) is 0 Å². The predicted octanol–water partition coefficient (Wildman–Crippen LogP) is 2.56. The highest BCUT2D eigenvalue weighted by Crippen LogP contribution is 2.23. The van der Waals surface area contributed by atoms with Gasteiger partial charge in [-0.2, -0.15) is 0 Å². The van der Waals surface area contributed by atoms with Crippen LogP contribution in [0.25, 0.3) is 0 Å². The summed E-state index contributed by atoms with van der Waals surface area (Å²) < 4.78 is 5.77. The van der Waals surface area contributed by atoms with Gasteiger partial charge in [0.15, 0.2) is 0 Å². The van der Waals surface area contributed by atoms with Crippen LogP contribution in [0.5, 0.6) is 11.5 Å². The van der Waals surface area contributed by atoms with Crippen LogP contribution >= 0.6 is 0 Å². The first-order chi connectivity index (χ1) is 11.3. The van der Waals surface area contributed by atoms with Gasteiger partial charge in [0.25, 0.3) is 5.91 Å². The van der Waals surface area contributed by atoms with Crippen LogP contribution in [0.2, 0.25) is 0 Å². The molecule has 1 unspecified atom stereocenters. The van der Waals surface area contributed by atoms with Crippen molar-refractivity contribution in [2.75, 3.05) is 26.7 Å². The number of amides is 1. The van der Waals surface area contributed by atoms with E-state index in [1.165, 1.54) is 0 Å². The van der Waals surface area contributed by atoms with E-state index >= 15 is 0 Å². The van der Waals surface area contributed by atoms with E-state index in [0.717, 1.165) is 26.1 Å². The van der Waals surface area contributed by atoms with Crippen molar-refractivity contribution in [3.05, 3.63) is 54.4 Å². The van der Waals surface area contributed by atoms with Crippen molar-refractivity contribution in [3.8, 4) is 11.5 Å². The Hall–Kier alpha value is -2.40. The molecular weight excluding hydrogens is 290 g/mol. The smallest absolute Gasteiger partial charge is 0.253 e. The highest BCUT2D eigenvalue weighted by Gasteiger charge is 2.26. The summed E-state index contributed by atoms with van der Waals surface area (Å²) in [5, 5.41) is 3.18. The van der Waals surface area contributed by atoms with E-state index in [1.807, 2.05) is 30.1 Å². The van der Waals surface area contributed by atoms with E-state index in [1.54, 1.807) is 30.6 Å². The molecule has 5 nitrogen and oxygen atoms in total. The molecule has 2 aromatic rings. The SMILES string of the molecule is CNCC1CCN(C(=O)c2cccc(Oc3ccncc3)c2)C1. The molecule has 1 aromatic carbocycles. The molecule has 1 amide bonds. The van der Waals surface area contributed by atoms with Gasteiger partial charge in [-0.25, -0.2) is 0 Å². The molecule has 0 saturated carbocycles. The highest BCUT2D eigenvalue weighted by molar-refractivity contribution is 5.94. The molecule has 5 heteroatoms. The van der Waals surface area contributed by atoms with E-state index in [9.17, 15) is 4.79 Å². The van der Waals surface area contributed by atoms with Gasteiger partial charge >= 0.3 is 0 Å². The van der Waals surface area contributed by atoms with Crippen LogP contribution < -0.4 is 10.1 Å². The molecular formula is C18H21N3O2. The number of aromatic nitrogens is 1. The Morgan fingerprint density at radius 3 is 2.91 bits per heavy atom. The summed E-state index contributed by atoms with van der Waals surface area (Å²) in [6, 6.07) is 10.9. The Labute approximate surface area is 136 Å². The van der Waals surface area contributed by atoms with Crippen molar-refractivity contribution in [1.82, 2.24) is 15.2 Å². The van der Waals surface area contributed by atoms with Crippen LogP contribution in [-0.4, -0.2) is 42.5 Å². The molecule has 0 spiro atoms. The van der Waals surface area contributed by atoms with Gasteiger partial charge in [-0.1, -0.05) is 6.07 Å². The summed E-state index contributed by atoms with van der Waals surface area (Å²) in [5.74, 6) is 1.98. The minimum atomic E-state index is 0.0729. The lowest BCUT2D eigenvalue weighted by Gasteiger charge is -2.17. The van der Waals surface area contributed by atoms with E-state index in [4.69, 9.17) is 4.74 Å². The van der Waals surface area contributed by atoms with Crippen LogP contribution in [0.3, 0.4) is 0 Å². The molecule has 1 aromatic heterocycles. The minimum Gasteiger partial charge on any atom is -0.457 e. The lowest BCUT2D eigenvalue weighted by Crippen LogP contribution is -2.30. The number of nitrogens with one attached hydrogen (secondary N) is 1. The highest BCUT2D eigenvalue weighted by atomic mass is 16.5. The number of ether oxygens (including phenoxy) is 1. The fourth-order valence-electron chi connectivity index (χ4n) is 2.89. The van der Waals surface area contributed by atoms with Gasteiger partial charge in [0, 0.05) is 31.0 Å². The van der Waals surface area contributed by atoms with Crippen LogP contribution in [0.15, 0.2) is 48.8 Å². The molecule has 2 heterocycles. The molecule has 1 atom stereocenters. The molecule has 1 N–H and O–H groups in total. The van der Waals surface area contributed by atoms with Crippen molar-refractivity contribution in [1.29, 1.82) is 0 Å². The molecule has 120 valence electrons. The normalized spacial score (nSPS) is 17.3. The zero-order valence-electron chi connectivity index (χ0n) is 13.2. The first-order valence-corrected chi connectivity index (χ1v) is 7.88. The first kappa shape index (κ1) is 15.5. The number of pyridine rings is 1. The molecule has 0 aliphatic carbocycles. The molecule has 23 heavy (non-hydrogen) atoms. The van der Waals surface area contributed by atoms with Crippen molar-refractivity contribution in [2.24, 2.45) is 5.92 Å². The lowest BCUT2D eigenvalue weighted by molar-refractivity contribution is 0.0787. The Kier molecular flexibility index (Phi) is 4.88. The second-order valence-electron chi connectivity index (χ2n) is 5.78. The van der Waals surface area contributed by atoms with E-state index in [0.29, 0.717) is 23.0 Å². The second-order valence-corrected chi connectivity index (χ2v) is 5.78. The third-order valence-electron chi connectivity index (χ3n) is 4.03. The van der Waals surface area contributed by atoms with Crippen LogP contribution in [-0.2, 0) is 0 Å². The van der Waals surface area contributed by atoms with Crippen molar-refractivity contribution < 1.29 is 9.53 Å². The topological polar surface area (TPSA) is 54.5 Å². The average Bonchev–Trinajstić information content (AvgIpc) is 3.04. The Bertz CT molecular complexity index is 660. The number of carbonyl (C=O) groups excluding carboxylic acids is 1. The molecule has 3 rings (SSSR count). The maximum atomic E-state index is 12.6. The van der Waals surface area contributed by atoms with Gasteiger partial charge in [0.05, 0.1) is 0 Å². The van der Waals surface area contributed by atoms with Crippen molar-refractivity contribution in [3.63, 3.8) is 0 Å². The number of benzene rings is 1. The summed E-state index contributed by atoms with van der Waals surface area (Å²) in [5.41, 5.74) is 0.668. The number of carbonyl (C=O) groups is 1. The van der Waals surface area contributed by atoms with Crippen LogP contribution in [0, 0.1) is 5.92 Å². The average molecular weight is 311 g/mol. The van der Waals surface area contributed by atoms with Crippen LogP contribution in [0.4, 0.5) is 0 Å². The summed E-state index contributed by atoms with van der Waals surface area (Å²) in [6.45, 7) is 2.59. The Balaban J connectivity index is 1.68. The summed E-state index contributed by atoms with van der Waals surface area (Å²) in [7, 11) is 1.95. The Morgan fingerprint density at radius 1 is 1.30 bits per heavy atom. The minimum absolute atomic E-state index is 0.0729. The van der Waals surface area contributed by atoms with Crippen molar-refractivity contribution >= 4 is 5.91 Å². The molecule has 0 radical (unpaired) electrons. The third-order valence-corrected chi connectivity index (χ3v) is 4.03. The number of nitrogens with zero attached hydrogens (tertiary/aromatic N) is 2. The number of hydrogen-bond donors (Lipinski definition) is 1. The molecule has 1 fully saturated rings. The standard InChI is InChI=1S/C18H21N3O2/c1-19-12-14-7-10-21(13-14)18(22)15-3-2-4-17(11-15)23-16-5-8-20-9-6-16/h2-6,8-9,11,14,19H,7,10,12-13H2,1H3. The second kappa shape index (κ2) is 7.24. The maximum absolute atomic E-state index is 12.6. The zero-order valence-corrected chi connectivity index (χ0v) is 13.2. The molecule has 1 aliphatic rings. The quantitative estimate of drug-likeness (QED) is 0.922. The number of hydrogen-bond acceptors (Lipinski definition) is 4. The lowest BCUT2D eigenvalue weighted by atomic mass is 10.1. The van der Waals surface area contributed by atoms with Gasteiger partial charge in [-0.05, 0) is 56.3 Å². The first-order valence-electron chi connectivity index (χ1n) is 7.88.